The van der Waals surface area contributed by atoms with Gasteiger partial charge in [-0.25, -0.2) is 10.2 Å². The maximum atomic E-state index is 11.8. The highest BCUT2D eigenvalue weighted by Gasteiger charge is 2.32. The number of carbonyl (C=O) groups excluding carboxylic acids is 4. The first kappa shape index (κ1) is 14.7. The van der Waals surface area contributed by atoms with Crippen LogP contribution in [0.3, 0.4) is 0 Å². The first-order chi connectivity index (χ1) is 10.0. The Hall–Kier alpha value is -2.71. The maximum absolute atomic E-state index is 11.8. The van der Waals surface area contributed by atoms with Crippen LogP contribution in [-0.4, -0.2) is 64.5 Å². The molecule has 2 rings (SSSR count). The number of hydrogen-bond donors (Lipinski definition) is 1. The summed E-state index contributed by atoms with van der Waals surface area (Å²) in [7, 11) is 0. The van der Waals surface area contributed by atoms with Crippen LogP contribution in [0.1, 0.15) is 13.3 Å². The van der Waals surface area contributed by atoms with Crippen molar-refractivity contribution in [1.82, 2.24) is 20.1 Å². The van der Waals surface area contributed by atoms with Crippen LogP contribution in [0.2, 0.25) is 0 Å². The summed E-state index contributed by atoms with van der Waals surface area (Å²) in [5.41, 5.74) is 2.29. The molecule has 0 bridgehead atoms. The number of hydrazone groups is 1. The Bertz CT molecular complexity index is 518. The zero-order valence-corrected chi connectivity index (χ0v) is 11.5. The topological polar surface area (TPSA) is 102 Å². The number of urea groups is 1. The summed E-state index contributed by atoms with van der Waals surface area (Å²) in [5.74, 6) is -1.03. The second-order valence-electron chi connectivity index (χ2n) is 4.47. The minimum Gasteiger partial charge on any atom is -0.307 e. The van der Waals surface area contributed by atoms with E-state index in [-0.39, 0.29) is 38.2 Å². The monoisotopic (exact) mass is 293 g/mol. The third kappa shape index (κ3) is 3.25. The third-order valence-corrected chi connectivity index (χ3v) is 3.06. The maximum Gasteiger partial charge on any atom is 0.340 e. The van der Waals surface area contributed by atoms with E-state index in [1.165, 1.54) is 28.2 Å². The second kappa shape index (κ2) is 6.16. The van der Waals surface area contributed by atoms with Gasteiger partial charge in [-0.15, -0.1) is 0 Å². The van der Waals surface area contributed by atoms with E-state index in [0.29, 0.717) is 0 Å². The number of imide groups is 1. The fourth-order valence-corrected chi connectivity index (χ4v) is 1.86. The van der Waals surface area contributed by atoms with E-state index in [9.17, 15) is 19.2 Å². The summed E-state index contributed by atoms with van der Waals surface area (Å²) in [6, 6.07) is -0.383. The van der Waals surface area contributed by atoms with Crippen LogP contribution >= 0.6 is 0 Å². The Labute approximate surface area is 120 Å². The number of nitrogens with one attached hydrogen (secondary N) is 1. The van der Waals surface area contributed by atoms with E-state index < -0.39 is 11.8 Å². The van der Waals surface area contributed by atoms with Crippen LogP contribution in [0.15, 0.2) is 17.3 Å². The molecule has 2 heterocycles. The van der Waals surface area contributed by atoms with Gasteiger partial charge in [0.2, 0.25) is 5.91 Å². The van der Waals surface area contributed by atoms with Crippen LogP contribution in [0.5, 0.6) is 0 Å². The highest BCUT2D eigenvalue weighted by Crippen LogP contribution is 2.12. The predicted molar refractivity (Wildman–Crippen MR) is 71.6 cm³/mol. The van der Waals surface area contributed by atoms with Gasteiger partial charge in [-0.05, 0) is 6.92 Å². The molecule has 0 saturated carbocycles. The Kier molecular flexibility index (Phi) is 4.31. The number of carbonyl (C=O) groups is 4. The molecule has 2 aliphatic heterocycles. The SMILES string of the molecule is C/C=N/NC(=O)N1CN(C(=O)CCN2C(=O)C=CC2=O)C1. The Balaban J connectivity index is 1.71. The van der Waals surface area contributed by atoms with Crippen molar-refractivity contribution in [2.75, 3.05) is 19.9 Å². The summed E-state index contributed by atoms with van der Waals surface area (Å²) in [4.78, 5) is 49.8. The van der Waals surface area contributed by atoms with Gasteiger partial charge in [0.05, 0.1) is 0 Å². The minimum atomic E-state index is -0.408. The molecular weight excluding hydrogens is 278 g/mol. The van der Waals surface area contributed by atoms with Crippen molar-refractivity contribution >= 4 is 30.0 Å². The highest BCUT2D eigenvalue weighted by molar-refractivity contribution is 6.13. The lowest BCUT2D eigenvalue weighted by Crippen LogP contribution is -2.61. The van der Waals surface area contributed by atoms with Gasteiger partial charge in [-0.3, -0.25) is 24.2 Å². The fraction of sp³-hybridized carbons (Fsp3) is 0.417. The van der Waals surface area contributed by atoms with Crippen molar-refractivity contribution in [2.24, 2.45) is 5.10 Å². The molecular formula is C12H15N5O4. The number of nitrogens with zero attached hydrogens (tertiary/aromatic N) is 4. The highest BCUT2D eigenvalue weighted by atomic mass is 16.2. The lowest BCUT2D eigenvalue weighted by molar-refractivity contribution is -0.144. The van der Waals surface area contributed by atoms with E-state index in [1.807, 2.05) is 0 Å². The fourth-order valence-electron chi connectivity index (χ4n) is 1.86. The first-order valence-electron chi connectivity index (χ1n) is 6.37. The van der Waals surface area contributed by atoms with E-state index >= 15 is 0 Å². The van der Waals surface area contributed by atoms with Gasteiger partial charge < -0.3 is 4.90 Å². The molecule has 1 fully saturated rings. The third-order valence-electron chi connectivity index (χ3n) is 3.06. The second-order valence-corrected chi connectivity index (χ2v) is 4.47. The molecule has 9 heteroatoms. The van der Waals surface area contributed by atoms with Crippen molar-refractivity contribution in [2.45, 2.75) is 13.3 Å². The zero-order chi connectivity index (χ0) is 15.4. The van der Waals surface area contributed by atoms with Gasteiger partial charge in [-0.1, -0.05) is 0 Å². The van der Waals surface area contributed by atoms with E-state index in [1.54, 1.807) is 6.92 Å². The van der Waals surface area contributed by atoms with Gasteiger partial charge in [0.15, 0.2) is 0 Å². The smallest absolute Gasteiger partial charge is 0.307 e. The standard InChI is InChI=1S/C12H15N5O4/c1-2-13-14-12(21)16-7-15(8-16)9(18)5-6-17-10(19)3-4-11(17)20/h2-4H,5-8H2,1H3,(H,14,21)/b13-2+. The zero-order valence-electron chi connectivity index (χ0n) is 11.5. The molecule has 0 aromatic rings. The normalized spacial score (nSPS) is 17.7. The summed E-state index contributed by atoms with van der Waals surface area (Å²) in [6.45, 7) is 2.06. The molecule has 0 aliphatic carbocycles. The molecule has 0 aromatic heterocycles. The average Bonchev–Trinajstić information content (AvgIpc) is 2.71. The van der Waals surface area contributed by atoms with Gasteiger partial charge in [0.25, 0.3) is 11.8 Å². The summed E-state index contributed by atoms with van der Waals surface area (Å²) >= 11 is 0. The summed E-state index contributed by atoms with van der Waals surface area (Å²) in [6.07, 6.45) is 3.84. The molecule has 112 valence electrons. The van der Waals surface area contributed by atoms with Crippen LogP contribution in [0.4, 0.5) is 4.79 Å². The summed E-state index contributed by atoms with van der Waals surface area (Å²) < 4.78 is 0. The Morgan fingerprint density at radius 2 is 1.86 bits per heavy atom. The van der Waals surface area contributed by atoms with Crippen LogP contribution in [-0.2, 0) is 14.4 Å². The Morgan fingerprint density at radius 3 is 2.43 bits per heavy atom. The van der Waals surface area contributed by atoms with Crippen molar-refractivity contribution in [3.8, 4) is 0 Å². The van der Waals surface area contributed by atoms with Crippen molar-refractivity contribution in [3.05, 3.63) is 12.2 Å². The lowest BCUT2D eigenvalue weighted by Gasteiger charge is -2.41. The molecule has 0 spiro atoms. The van der Waals surface area contributed by atoms with Crippen LogP contribution in [0, 0.1) is 0 Å². The van der Waals surface area contributed by atoms with Crippen molar-refractivity contribution in [1.29, 1.82) is 0 Å². The van der Waals surface area contributed by atoms with E-state index in [0.717, 1.165) is 4.90 Å². The predicted octanol–water partition coefficient (Wildman–Crippen LogP) is -0.924. The van der Waals surface area contributed by atoms with E-state index in [2.05, 4.69) is 10.5 Å². The van der Waals surface area contributed by atoms with Gasteiger partial charge in [-0.2, -0.15) is 5.10 Å². The minimum absolute atomic E-state index is 0.0434. The molecule has 2 aliphatic rings. The van der Waals surface area contributed by atoms with Crippen LogP contribution in [0.25, 0.3) is 0 Å². The Morgan fingerprint density at radius 1 is 1.24 bits per heavy atom. The van der Waals surface area contributed by atoms with Gasteiger partial charge in [0, 0.05) is 31.3 Å². The molecule has 0 aromatic carbocycles. The molecule has 1 N–H and O–H groups in total. The molecule has 5 amide bonds. The molecule has 21 heavy (non-hydrogen) atoms. The first-order valence-corrected chi connectivity index (χ1v) is 6.37. The molecule has 0 atom stereocenters. The number of rotatable bonds is 4. The molecule has 0 unspecified atom stereocenters. The lowest BCUT2D eigenvalue weighted by atomic mass is 10.3. The van der Waals surface area contributed by atoms with Crippen molar-refractivity contribution < 1.29 is 19.2 Å². The number of hydrogen-bond acceptors (Lipinski definition) is 5. The summed E-state index contributed by atoms with van der Waals surface area (Å²) in [5, 5.41) is 3.59. The molecule has 1 saturated heterocycles. The van der Waals surface area contributed by atoms with Crippen molar-refractivity contribution in [3.63, 3.8) is 0 Å². The molecule has 9 nitrogen and oxygen atoms in total. The number of amides is 5. The van der Waals surface area contributed by atoms with Gasteiger partial charge in [0.1, 0.15) is 13.3 Å². The van der Waals surface area contributed by atoms with Crippen LogP contribution < -0.4 is 5.43 Å². The van der Waals surface area contributed by atoms with Gasteiger partial charge >= 0.3 is 6.03 Å². The van der Waals surface area contributed by atoms with E-state index in [4.69, 9.17) is 0 Å². The average molecular weight is 293 g/mol. The largest absolute Gasteiger partial charge is 0.340 e. The quantitative estimate of drug-likeness (QED) is 0.411. The molecule has 0 radical (unpaired) electrons.